The minimum atomic E-state index is -1.70. The van der Waals surface area contributed by atoms with E-state index in [1.807, 2.05) is 0 Å². The van der Waals surface area contributed by atoms with E-state index in [1.165, 1.54) is 6.42 Å². The zero-order valence-corrected chi connectivity index (χ0v) is 9.61. The van der Waals surface area contributed by atoms with E-state index in [9.17, 15) is 4.21 Å². The monoisotopic (exact) mass is 203 g/mol. The highest BCUT2D eigenvalue weighted by molar-refractivity contribution is 8.00. The number of hydrogen-bond donors (Lipinski definition) is 0. The van der Waals surface area contributed by atoms with Crippen molar-refractivity contribution in [1.29, 1.82) is 0 Å². The Bertz CT molecular complexity index is 230. The molecule has 78 valence electrons. The molecular formula is C10H21NOS. The fourth-order valence-corrected chi connectivity index (χ4v) is 2.86. The van der Waals surface area contributed by atoms with Crippen LogP contribution in [0.1, 0.15) is 20.3 Å². The molecule has 0 aromatic heterocycles. The van der Waals surface area contributed by atoms with Gasteiger partial charge in [0.2, 0.25) is 0 Å². The van der Waals surface area contributed by atoms with Crippen LogP contribution in [0.3, 0.4) is 0 Å². The average Bonchev–Trinajstić information content (AvgIpc) is 2.02. The average molecular weight is 203 g/mol. The summed E-state index contributed by atoms with van der Waals surface area (Å²) < 4.78 is 11.6. The summed E-state index contributed by atoms with van der Waals surface area (Å²) in [5.74, 6) is 6.12. The van der Waals surface area contributed by atoms with Crippen molar-refractivity contribution in [3.8, 4) is 0 Å². The van der Waals surface area contributed by atoms with E-state index in [-0.39, 0.29) is 0 Å². The van der Waals surface area contributed by atoms with Crippen LogP contribution in [-0.4, -0.2) is 46.1 Å². The molecule has 0 unspecified atom stereocenters. The summed E-state index contributed by atoms with van der Waals surface area (Å²) in [6.07, 6.45) is 1.25. The van der Waals surface area contributed by atoms with Gasteiger partial charge in [-0.05, 0) is 34.3 Å². The summed E-state index contributed by atoms with van der Waals surface area (Å²) in [5, 5.41) is 0. The molecule has 0 saturated carbocycles. The van der Waals surface area contributed by atoms with Crippen molar-refractivity contribution in [2.45, 2.75) is 20.3 Å². The highest BCUT2D eigenvalue weighted by Gasteiger charge is 2.16. The summed E-state index contributed by atoms with van der Waals surface area (Å²) in [6.45, 7) is 7.61. The third-order valence-electron chi connectivity index (χ3n) is 2.58. The second kappa shape index (κ2) is 4.47. The highest BCUT2D eigenvalue weighted by atomic mass is 32.2. The summed E-state index contributed by atoms with van der Waals surface area (Å²) >= 11 is 0. The fraction of sp³-hybridized carbons (Fsp3) is 0.900. The molecule has 0 atom stereocenters. The molecule has 13 heavy (non-hydrogen) atoms. The van der Waals surface area contributed by atoms with Gasteiger partial charge in [-0.2, -0.15) is 0 Å². The zero-order valence-electron chi connectivity index (χ0n) is 8.79. The van der Waals surface area contributed by atoms with E-state index in [0.717, 1.165) is 37.1 Å². The van der Waals surface area contributed by atoms with Gasteiger partial charge in [-0.1, -0.05) is 13.8 Å². The van der Waals surface area contributed by atoms with Gasteiger partial charge < -0.3 is 4.90 Å². The third kappa shape index (κ3) is 4.14. The van der Waals surface area contributed by atoms with Crippen LogP contribution >= 0.6 is 0 Å². The first-order valence-electron chi connectivity index (χ1n) is 5.04. The topological polar surface area (TPSA) is 20.3 Å². The molecule has 0 N–H and O–H groups in total. The van der Waals surface area contributed by atoms with E-state index in [2.05, 4.69) is 24.6 Å². The normalized spacial score (nSPS) is 23.6. The molecule has 2 nitrogen and oxygen atoms in total. The molecule has 0 radical (unpaired) electrons. The van der Waals surface area contributed by atoms with Gasteiger partial charge in [0.1, 0.15) is 0 Å². The predicted octanol–water partition coefficient (Wildman–Crippen LogP) is 1.06. The lowest BCUT2D eigenvalue weighted by Crippen LogP contribution is -2.40. The van der Waals surface area contributed by atoms with Crippen LogP contribution < -0.4 is 0 Å². The first kappa shape index (κ1) is 11.1. The van der Waals surface area contributed by atoms with Crippen LogP contribution in [0.4, 0.5) is 0 Å². The maximum atomic E-state index is 11.6. The minimum absolute atomic E-state index is 0.769. The van der Waals surface area contributed by atoms with E-state index < -0.39 is 9.52 Å². The molecule has 1 fully saturated rings. The molecule has 1 heterocycles. The Morgan fingerprint density at radius 3 is 2.38 bits per heavy atom. The van der Waals surface area contributed by atoms with Gasteiger partial charge in [0.05, 0.1) is 0 Å². The van der Waals surface area contributed by atoms with Gasteiger partial charge >= 0.3 is 0 Å². The Morgan fingerprint density at radius 2 is 1.92 bits per heavy atom. The SMILES string of the molecule is C=S1(=O)CCN(CCC(C)C)CC1. The molecule has 0 bridgehead atoms. The van der Waals surface area contributed by atoms with Crippen molar-refractivity contribution in [2.24, 2.45) is 5.92 Å². The van der Waals surface area contributed by atoms with Crippen molar-refractivity contribution in [3.63, 3.8) is 0 Å². The van der Waals surface area contributed by atoms with Crippen LogP contribution in [0.2, 0.25) is 0 Å². The molecule has 1 aliphatic rings. The van der Waals surface area contributed by atoms with Gasteiger partial charge in [0.25, 0.3) is 0 Å². The fourth-order valence-electron chi connectivity index (χ4n) is 1.47. The largest absolute Gasteiger partial charge is 0.302 e. The Labute approximate surface area is 82.3 Å². The second-order valence-electron chi connectivity index (χ2n) is 4.40. The first-order valence-corrected chi connectivity index (χ1v) is 7.11. The van der Waals surface area contributed by atoms with E-state index >= 15 is 0 Å². The Morgan fingerprint density at radius 1 is 1.38 bits per heavy atom. The summed E-state index contributed by atoms with van der Waals surface area (Å²) in [6, 6.07) is 0. The summed E-state index contributed by atoms with van der Waals surface area (Å²) in [4.78, 5) is 2.41. The first-order chi connectivity index (χ1) is 5.99. The van der Waals surface area contributed by atoms with Gasteiger partial charge in [-0.3, -0.25) is 4.21 Å². The molecular weight excluding hydrogens is 182 g/mol. The van der Waals surface area contributed by atoms with Crippen LogP contribution in [0.25, 0.3) is 0 Å². The minimum Gasteiger partial charge on any atom is -0.302 e. The van der Waals surface area contributed by atoms with Crippen LogP contribution in [0.5, 0.6) is 0 Å². The standard InChI is InChI=1S/C10H21NOS/c1-10(2)4-5-11-6-8-13(3,12)9-7-11/h10H,3-9H2,1-2H3. The summed E-state index contributed by atoms with van der Waals surface area (Å²) in [5.41, 5.74) is 0. The number of hydrogen-bond acceptors (Lipinski definition) is 2. The van der Waals surface area contributed by atoms with Crippen molar-refractivity contribution < 1.29 is 4.21 Å². The van der Waals surface area contributed by atoms with Gasteiger partial charge in [-0.15, -0.1) is 0 Å². The molecule has 1 rings (SSSR count). The van der Waals surface area contributed by atoms with Gasteiger partial charge in [-0.25, -0.2) is 0 Å². The molecule has 0 amide bonds. The molecule has 0 aromatic carbocycles. The van der Waals surface area contributed by atoms with Crippen LogP contribution in [0.15, 0.2) is 0 Å². The summed E-state index contributed by atoms with van der Waals surface area (Å²) in [7, 11) is -1.70. The van der Waals surface area contributed by atoms with E-state index in [0.29, 0.717) is 0 Å². The molecule has 1 aliphatic heterocycles. The van der Waals surface area contributed by atoms with Gasteiger partial charge in [0, 0.05) is 24.6 Å². The van der Waals surface area contributed by atoms with Crippen LogP contribution in [0, 0.1) is 5.92 Å². The van der Waals surface area contributed by atoms with Crippen molar-refractivity contribution in [2.75, 3.05) is 31.1 Å². The third-order valence-corrected chi connectivity index (χ3v) is 4.43. The molecule has 0 spiro atoms. The lowest BCUT2D eigenvalue weighted by molar-refractivity contribution is 0.280. The Hall–Kier alpha value is -0.0200. The molecule has 0 aromatic rings. The second-order valence-corrected chi connectivity index (χ2v) is 7.15. The maximum Gasteiger partial charge on any atom is 0.0287 e. The zero-order chi connectivity index (χ0) is 9.90. The van der Waals surface area contributed by atoms with E-state index in [4.69, 9.17) is 0 Å². The maximum absolute atomic E-state index is 11.6. The lowest BCUT2D eigenvalue weighted by Gasteiger charge is -2.29. The van der Waals surface area contributed by atoms with Crippen molar-refractivity contribution in [3.05, 3.63) is 0 Å². The molecule has 0 aliphatic carbocycles. The van der Waals surface area contributed by atoms with Crippen LogP contribution in [-0.2, 0) is 9.52 Å². The smallest absolute Gasteiger partial charge is 0.0287 e. The van der Waals surface area contributed by atoms with Gasteiger partial charge in [0.15, 0.2) is 0 Å². The lowest BCUT2D eigenvalue weighted by atomic mass is 10.1. The highest BCUT2D eigenvalue weighted by Crippen LogP contribution is 2.07. The Balaban J connectivity index is 2.26. The molecule has 3 heteroatoms. The predicted molar refractivity (Wildman–Crippen MR) is 60.9 cm³/mol. The Kier molecular flexibility index (Phi) is 3.80. The van der Waals surface area contributed by atoms with Crippen molar-refractivity contribution >= 4 is 15.4 Å². The molecule has 1 saturated heterocycles. The quantitative estimate of drug-likeness (QED) is 0.639. The number of nitrogens with zero attached hydrogens (tertiary/aromatic N) is 1. The number of rotatable bonds is 3. The van der Waals surface area contributed by atoms with Crippen molar-refractivity contribution in [1.82, 2.24) is 4.90 Å². The van der Waals surface area contributed by atoms with E-state index in [1.54, 1.807) is 0 Å².